The van der Waals surface area contributed by atoms with E-state index in [0.29, 0.717) is 18.1 Å². The topological polar surface area (TPSA) is 138 Å². The molecule has 0 fully saturated rings. The zero-order valence-corrected chi connectivity index (χ0v) is 35.1. The number of hydrogen-bond acceptors (Lipinski definition) is 10. The first-order valence-electron chi connectivity index (χ1n) is 18.3. The smallest absolute Gasteiger partial charge is 0.344 e. The lowest BCUT2D eigenvalue weighted by atomic mass is 10.2. The number of carboxylic acids is 1. The van der Waals surface area contributed by atoms with Crippen LogP contribution in [0.3, 0.4) is 0 Å². The number of aliphatic carboxylic acids is 1. The molecule has 0 aliphatic rings. The molecule has 13 heteroatoms. The summed E-state index contributed by atoms with van der Waals surface area (Å²) in [5.41, 5.74) is 10.3. The molecule has 2 heterocycles. The normalized spacial score (nSPS) is 10.3. The fourth-order valence-corrected chi connectivity index (χ4v) is 6.56. The van der Waals surface area contributed by atoms with E-state index in [0.717, 1.165) is 55.0 Å². The minimum Gasteiger partial charge on any atom is -0.482 e. The number of esters is 1. The standard InChI is InChI=1S/C21H22N2O3S.C12H14N2O.C11H14O3S.CH4/c1-14-4-6-18(7-5-14)23-11-17(16(3)22-23)13-27-19-8-9-20(15(2)10-19)26-12-21(24)25;1-9-3-5-12(6-4-9)14-7-11(8-15)10(2)13-14;1-3-13-11(12)7-14-10-5-4-9(15)6-8(10)2;/h4-11H,12-13H2,1-3H3,(H,24,25);3-7,15H,8H2,1-2H3;4-6,15H,3,7H2,1-2H3;1H4. The molecule has 0 aliphatic carbocycles. The number of ether oxygens (including phenoxy) is 3. The summed E-state index contributed by atoms with van der Waals surface area (Å²) in [5, 5.41) is 26.7. The van der Waals surface area contributed by atoms with Crippen LogP contribution in [-0.4, -0.2) is 61.5 Å². The Hall–Kier alpha value is -5.50. The summed E-state index contributed by atoms with van der Waals surface area (Å²) in [6, 6.07) is 27.7. The second-order valence-electron chi connectivity index (χ2n) is 13.1. The van der Waals surface area contributed by atoms with Gasteiger partial charge in [-0.25, -0.2) is 19.0 Å². The number of aliphatic hydroxyl groups is 1. The molecular weight excluding hydrogens is 773 g/mol. The molecule has 6 aromatic rings. The third-order valence-electron chi connectivity index (χ3n) is 8.47. The molecule has 308 valence electrons. The van der Waals surface area contributed by atoms with Gasteiger partial charge in [-0.2, -0.15) is 10.2 Å². The highest BCUT2D eigenvalue weighted by molar-refractivity contribution is 7.98. The molecule has 0 saturated heterocycles. The van der Waals surface area contributed by atoms with Gasteiger partial charge in [0.25, 0.3) is 0 Å². The Bertz CT molecular complexity index is 2230. The highest BCUT2D eigenvalue weighted by atomic mass is 32.2. The van der Waals surface area contributed by atoms with Crippen molar-refractivity contribution < 1.29 is 34.0 Å². The molecule has 0 radical (unpaired) electrons. The van der Waals surface area contributed by atoms with Crippen molar-refractivity contribution in [2.45, 2.75) is 78.0 Å². The second kappa shape index (κ2) is 23.0. The van der Waals surface area contributed by atoms with Crippen molar-refractivity contribution in [2.24, 2.45) is 0 Å². The van der Waals surface area contributed by atoms with E-state index >= 15 is 0 Å². The van der Waals surface area contributed by atoms with Crippen LogP contribution in [0.5, 0.6) is 11.5 Å². The van der Waals surface area contributed by atoms with Crippen molar-refractivity contribution >= 4 is 36.3 Å². The first kappa shape index (κ1) is 46.9. The number of carboxylic acid groups (broad SMARTS) is 1. The van der Waals surface area contributed by atoms with Crippen LogP contribution < -0.4 is 9.47 Å². The summed E-state index contributed by atoms with van der Waals surface area (Å²) >= 11 is 5.92. The Balaban J connectivity index is 0.000000248. The number of nitrogens with zero attached hydrogens (tertiary/aromatic N) is 4. The van der Waals surface area contributed by atoms with Gasteiger partial charge in [0.2, 0.25) is 0 Å². The van der Waals surface area contributed by atoms with Crippen molar-refractivity contribution in [3.8, 4) is 22.9 Å². The molecule has 4 aromatic carbocycles. The average Bonchev–Trinajstić information content (AvgIpc) is 3.75. The summed E-state index contributed by atoms with van der Waals surface area (Å²) in [6.07, 6.45) is 3.93. The van der Waals surface area contributed by atoms with Crippen molar-refractivity contribution in [3.05, 3.63) is 142 Å². The number of rotatable bonds is 13. The Labute approximate surface area is 351 Å². The molecule has 0 unspecified atom stereocenters. The van der Waals surface area contributed by atoms with Gasteiger partial charge in [0, 0.05) is 39.1 Å². The van der Waals surface area contributed by atoms with Crippen LogP contribution in [0.4, 0.5) is 0 Å². The summed E-state index contributed by atoms with van der Waals surface area (Å²) in [7, 11) is 0. The molecule has 11 nitrogen and oxygen atoms in total. The van der Waals surface area contributed by atoms with Gasteiger partial charge in [0.05, 0.1) is 36.0 Å². The number of thiol groups is 1. The van der Waals surface area contributed by atoms with Gasteiger partial charge in [-0.1, -0.05) is 42.8 Å². The zero-order chi connectivity index (χ0) is 41.5. The third-order valence-corrected chi connectivity index (χ3v) is 9.79. The number of carbonyl (C=O) groups excluding carboxylic acids is 1. The van der Waals surface area contributed by atoms with Gasteiger partial charge in [-0.3, -0.25) is 0 Å². The predicted molar refractivity (Wildman–Crippen MR) is 233 cm³/mol. The molecule has 0 atom stereocenters. The number of aryl methyl sites for hydroxylation is 6. The highest BCUT2D eigenvalue weighted by Crippen LogP contribution is 2.29. The van der Waals surface area contributed by atoms with Crippen LogP contribution in [0.2, 0.25) is 0 Å². The predicted octanol–water partition coefficient (Wildman–Crippen LogP) is 9.40. The molecule has 0 bridgehead atoms. The van der Waals surface area contributed by atoms with Gasteiger partial charge in [0.15, 0.2) is 13.2 Å². The number of aliphatic hydroxyl groups excluding tert-OH is 1. The fourth-order valence-electron chi connectivity index (χ4n) is 5.26. The lowest BCUT2D eigenvalue weighted by Crippen LogP contribution is -2.14. The fraction of sp³-hybridized carbons (Fsp3) is 0.289. The van der Waals surface area contributed by atoms with Gasteiger partial charge in [-0.15, -0.1) is 24.4 Å². The van der Waals surface area contributed by atoms with E-state index in [-0.39, 0.29) is 33.2 Å². The lowest BCUT2D eigenvalue weighted by Gasteiger charge is -2.09. The van der Waals surface area contributed by atoms with E-state index in [1.165, 1.54) is 16.7 Å². The quantitative estimate of drug-likeness (QED) is 0.0587. The minimum atomic E-state index is -0.978. The van der Waals surface area contributed by atoms with E-state index in [4.69, 9.17) is 24.4 Å². The number of thioether (sulfide) groups is 1. The Morgan fingerprint density at radius 2 is 1.21 bits per heavy atom. The molecule has 0 saturated carbocycles. The maximum atomic E-state index is 11.0. The first-order chi connectivity index (χ1) is 27.3. The van der Waals surface area contributed by atoms with E-state index in [1.54, 1.807) is 29.4 Å². The van der Waals surface area contributed by atoms with Gasteiger partial charge in [-0.05, 0) is 120 Å². The van der Waals surface area contributed by atoms with E-state index in [1.807, 2.05) is 93.2 Å². The summed E-state index contributed by atoms with van der Waals surface area (Å²) in [6.45, 7) is 13.7. The highest BCUT2D eigenvalue weighted by Gasteiger charge is 2.10. The van der Waals surface area contributed by atoms with Crippen LogP contribution in [0.15, 0.2) is 107 Å². The van der Waals surface area contributed by atoms with Crippen molar-refractivity contribution in [2.75, 3.05) is 19.8 Å². The van der Waals surface area contributed by atoms with E-state index in [2.05, 4.69) is 67.1 Å². The maximum absolute atomic E-state index is 11.0. The van der Waals surface area contributed by atoms with Gasteiger partial charge in [0.1, 0.15) is 11.5 Å². The zero-order valence-electron chi connectivity index (χ0n) is 33.4. The molecule has 2 N–H and O–H groups in total. The van der Waals surface area contributed by atoms with Crippen LogP contribution in [-0.2, 0) is 26.7 Å². The number of hydrogen-bond donors (Lipinski definition) is 3. The molecule has 2 aromatic heterocycles. The number of aromatic nitrogens is 4. The van der Waals surface area contributed by atoms with E-state index < -0.39 is 5.97 Å². The van der Waals surface area contributed by atoms with Crippen LogP contribution in [0, 0.1) is 41.5 Å². The number of benzene rings is 4. The van der Waals surface area contributed by atoms with Crippen molar-refractivity contribution in [1.29, 1.82) is 0 Å². The van der Waals surface area contributed by atoms with Crippen molar-refractivity contribution in [1.82, 2.24) is 19.6 Å². The van der Waals surface area contributed by atoms with Crippen LogP contribution in [0.25, 0.3) is 11.4 Å². The molecular formula is C45H54N4O7S2. The van der Waals surface area contributed by atoms with Gasteiger partial charge >= 0.3 is 11.9 Å². The van der Waals surface area contributed by atoms with Crippen LogP contribution in [0.1, 0.15) is 59.1 Å². The molecule has 0 spiro atoms. The van der Waals surface area contributed by atoms with E-state index in [9.17, 15) is 9.59 Å². The van der Waals surface area contributed by atoms with Crippen LogP contribution >= 0.6 is 24.4 Å². The molecule has 0 amide bonds. The summed E-state index contributed by atoms with van der Waals surface area (Å²) in [4.78, 5) is 23.6. The maximum Gasteiger partial charge on any atom is 0.344 e. The van der Waals surface area contributed by atoms with Gasteiger partial charge < -0.3 is 24.4 Å². The Morgan fingerprint density at radius 1 is 0.707 bits per heavy atom. The molecule has 6 rings (SSSR count). The monoisotopic (exact) mass is 826 g/mol. The number of carbonyl (C=O) groups is 2. The summed E-state index contributed by atoms with van der Waals surface area (Å²) in [5.74, 6) is 0.763. The first-order valence-corrected chi connectivity index (χ1v) is 19.7. The Kier molecular flexibility index (Phi) is 18.6. The summed E-state index contributed by atoms with van der Waals surface area (Å²) < 4.78 is 19.0. The minimum absolute atomic E-state index is 0. The third kappa shape index (κ3) is 14.5. The molecule has 0 aliphatic heterocycles. The van der Waals surface area contributed by atoms with Crippen molar-refractivity contribution in [3.63, 3.8) is 0 Å². The Morgan fingerprint density at radius 3 is 1.69 bits per heavy atom. The SMILES string of the molecule is C.CCOC(=O)COc1ccc(S)cc1C.Cc1ccc(-n2cc(CO)c(C)n2)cc1.Cc1ccc(-n2cc(CSc3ccc(OCC(=O)O)c(C)c3)c(C)n2)cc1. The average molecular weight is 827 g/mol. The molecule has 58 heavy (non-hydrogen) atoms. The largest absolute Gasteiger partial charge is 0.482 e. The second-order valence-corrected chi connectivity index (χ2v) is 14.7. The lowest BCUT2D eigenvalue weighted by molar-refractivity contribution is -0.145.